The molecule has 1 aromatic carbocycles. The van der Waals surface area contributed by atoms with E-state index < -0.39 is 18.3 Å². The number of hydrogen-bond acceptors (Lipinski definition) is 4. The van der Waals surface area contributed by atoms with Crippen molar-refractivity contribution in [2.75, 3.05) is 0 Å². The molecule has 7 atom stereocenters. The summed E-state index contributed by atoms with van der Waals surface area (Å²) < 4.78 is 5.48. The van der Waals surface area contributed by atoms with Crippen LogP contribution in [0.2, 0.25) is 0 Å². The van der Waals surface area contributed by atoms with Crippen molar-refractivity contribution in [2.45, 2.75) is 70.7 Å². The molecule has 0 saturated heterocycles. The standard InChI is InChI=1S/C21H28O4/c1-11-4-6-14-13(10-11)5-7-16-15(14)8-9-21(3)17(16)18(23)19(24)20(21)25-12(2)22/h4,6,10,15-20,23-24H,5,7-9H2,1-3H3/t15?,16?,17?,18?,19-,20-,21-/m0/s1. The molecule has 136 valence electrons. The molecule has 3 aliphatic carbocycles. The molecule has 1 aromatic rings. The van der Waals surface area contributed by atoms with E-state index in [1.165, 1.54) is 23.6 Å². The summed E-state index contributed by atoms with van der Waals surface area (Å²) in [4.78, 5) is 11.5. The molecule has 4 heteroatoms. The molecule has 2 saturated carbocycles. The van der Waals surface area contributed by atoms with E-state index in [1.54, 1.807) is 0 Å². The fourth-order valence-electron chi connectivity index (χ4n) is 6.13. The maximum absolute atomic E-state index is 11.5. The van der Waals surface area contributed by atoms with Crippen molar-refractivity contribution in [1.82, 2.24) is 0 Å². The highest BCUT2D eigenvalue weighted by molar-refractivity contribution is 5.66. The van der Waals surface area contributed by atoms with E-state index in [9.17, 15) is 15.0 Å². The van der Waals surface area contributed by atoms with Crippen molar-refractivity contribution in [3.63, 3.8) is 0 Å². The van der Waals surface area contributed by atoms with Crippen molar-refractivity contribution in [3.05, 3.63) is 34.9 Å². The lowest BCUT2D eigenvalue weighted by Crippen LogP contribution is -2.47. The predicted octanol–water partition coefficient (Wildman–Crippen LogP) is 2.72. The summed E-state index contributed by atoms with van der Waals surface area (Å²) in [7, 11) is 0. The normalized spacial score (nSPS) is 42.3. The number of ether oxygens (including phenoxy) is 1. The lowest BCUT2D eigenvalue weighted by Gasteiger charge is -2.50. The van der Waals surface area contributed by atoms with Gasteiger partial charge in [0.25, 0.3) is 0 Å². The number of benzene rings is 1. The third-order valence-corrected chi connectivity index (χ3v) is 7.15. The van der Waals surface area contributed by atoms with Gasteiger partial charge in [0.2, 0.25) is 0 Å². The number of rotatable bonds is 1. The second kappa shape index (κ2) is 5.82. The molecule has 2 N–H and O–H groups in total. The summed E-state index contributed by atoms with van der Waals surface area (Å²) in [5, 5.41) is 21.4. The summed E-state index contributed by atoms with van der Waals surface area (Å²) in [6.07, 6.45) is 1.50. The largest absolute Gasteiger partial charge is 0.459 e. The van der Waals surface area contributed by atoms with Crippen LogP contribution in [0.5, 0.6) is 0 Å². The van der Waals surface area contributed by atoms with Crippen molar-refractivity contribution in [2.24, 2.45) is 17.3 Å². The number of carbonyl (C=O) groups is 1. The molecule has 2 fully saturated rings. The van der Waals surface area contributed by atoms with Crippen LogP contribution >= 0.6 is 0 Å². The zero-order valence-electron chi connectivity index (χ0n) is 15.2. The van der Waals surface area contributed by atoms with Gasteiger partial charge in [0, 0.05) is 12.3 Å². The van der Waals surface area contributed by atoms with Crippen molar-refractivity contribution in [1.29, 1.82) is 0 Å². The molecule has 0 heterocycles. The van der Waals surface area contributed by atoms with E-state index in [2.05, 4.69) is 32.0 Å². The molecule has 3 aliphatic rings. The second-order valence-electron chi connectivity index (χ2n) is 8.59. The van der Waals surface area contributed by atoms with Gasteiger partial charge in [0.1, 0.15) is 12.2 Å². The summed E-state index contributed by atoms with van der Waals surface area (Å²) >= 11 is 0. The van der Waals surface area contributed by atoms with Gasteiger partial charge in [0.15, 0.2) is 0 Å². The minimum atomic E-state index is -0.989. The zero-order valence-corrected chi connectivity index (χ0v) is 15.2. The smallest absolute Gasteiger partial charge is 0.303 e. The van der Waals surface area contributed by atoms with Crippen LogP contribution in [-0.4, -0.2) is 34.5 Å². The van der Waals surface area contributed by atoms with Gasteiger partial charge in [-0.3, -0.25) is 4.79 Å². The van der Waals surface area contributed by atoms with E-state index in [0.717, 1.165) is 25.7 Å². The van der Waals surface area contributed by atoms with Gasteiger partial charge in [-0.15, -0.1) is 0 Å². The summed E-state index contributed by atoms with van der Waals surface area (Å²) in [5.74, 6) is 0.351. The quantitative estimate of drug-likeness (QED) is 0.769. The van der Waals surface area contributed by atoms with Gasteiger partial charge in [-0.05, 0) is 61.5 Å². The summed E-state index contributed by atoms with van der Waals surface area (Å²) in [5.41, 5.74) is 3.80. The Morgan fingerprint density at radius 1 is 1.24 bits per heavy atom. The second-order valence-corrected chi connectivity index (χ2v) is 8.59. The summed E-state index contributed by atoms with van der Waals surface area (Å²) in [6, 6.07) is 6.73. The molecule has 4 unspecified atom stereocenters. The van der Waals surface area contributed by atoms with Gasteiger partial charge < -0.3 is 14.9 Å². The van der Waals surface area contributed by atoms with Crippen LogP contribution < -0.4 is 0 Å². The molecular weight excluding hydrogens is 316 g/mol. The first-order valence-corrected chi connectivity index (χ1v) is 9.45. The van der Waals surface area contributed by atoms with Crippen molar-refractivity contribution < 1.29 is 19.7 Å². The van der Waals surface area contributed by atoms with E-state index in [4.69, 9.17) is 4.74 Å². The van der Waals surface area contributed by atoms with Crippen LogP contribution in [0.25, 0.3) is 0 Å². The highest BCUT2D eigenvalue weighted by Crippen LogP contribution is 2.61. The number of aryl methyl sites for hydroxylation is 2. The van der Waals surface area contributed by atoms with Crippen LogP contribution in [0, 0.1) is 24.2 Å². The van der Waals surface area contributed by atoms with Crippen molar-refractivity contribution in [3.8, 4) is 0 Å². The maximum Gasteiger partial charge on any atom is 0.303 e. The fraction of sp³-hybridized carbons (Fsp3) is 0.667. The third kappa shape index (κ3) is 2.45. The minimum absolute atomic E-state index is 0.0277. The molecule has 4 nitrogen and oxygen atoms in total. The highest BCUT2D eigenvalue weighted by atomic mass is 16.6. The van der Waals surface area contributed by atoms with Gasteiger partial charge in [0.05, 0.1) is 6.10 Å². The van der Waals surface area contributed by atoms with E-state index in [0.29, 0.717) is 11.8 Å². The maximum atomic E-state index is 11.5. The Morgan fingerprint density at radius 2 is 2.00 bits per heavy atom. The lowest BCUT2D eigenvalue weighted by atomic mass is 9.55. The Kier molecular flexibility index (Phi) is 3.97. The minimum Gasteiger partial charge on any atom is -0.459 e. The van der Waals surface area contributed by atoms with Crippen LogP contribution in [0.15, 0.2) is 18.2 Å². The molecule has 4 rings (SSSR count). The Balaban J connectivity index is 1.70. The van der Waals surface area contributed by atoms with Crippen LogP contribution in [0.4, 0.5) is 0 Å². The number of carbonyl (C=O) groups excluding carboxylic acids is 1. The third-order valence-electron chi connectivity index (χ3n) is 7.15. The average Bonchev–Trinajstić information content (AvgIpc) is 2.75. The monoisotopic (exact) mass is 344 g/mol. The number of aliphatic hydroxyl groups excluding tert-OH is 2. The average molecular weight is 344 g/mol. The molecule has 0 amide bonds. The van der Waals surface area contributed by atoms with Crippen molar-refractivity contribution >= 4 is 5.97 Å². The lowest BCUT2D eigenvalue weighted by molar-refractivity contribution is -0.161. The number of hydrogen-bond donors (Lipinski definition) is 2. The Labute approximate surface area is 149 Å². The zero-order chi connectivity index (χ0) is 17.9. The van der Waals surface area contributed by atoms with Gasteiger partial charge in [-0.2, -0.15) is 0 Å². The Bertz CT molecular complexity index is 699. The van der Waals surface area contributed by atoms with Crippen LogP contribution in [0.1, 0.15) is 55.7 Å². The number of esters is 1. The first-order valence-electron chi connectivity index (χ1n) is 9.45. The molecule has 25 heavy (non-hydrogen) atoms. The topological polar surface area (TPSA) is 66.8 Å². The molecule has 0 bridgehead atoms. The molecular formula is C21H28O4. The Hall–Kier alpha value is -1.39. The predicted molar refractivity (Wildman–Crippen MR) is 94.1 cm³/mol. The SMILES string of the molecule is CC(=O)O[C@H]1[C@@H](O)C(O)C2C3CCc4cc(C)ccc4C3CC[C@@]21C. The fourth-order valence-corrected chi connectivity index (χ4v) is 6.13. The van der Waals surface area contributed by atoms with E-state index in [1.807, 2.05) is 0 Å². The molecule has 0 aliphatic heterocycles. The molecule has 0 radical (unpaired) electrons. The Morgan fingerprint density at radius 3 is 2.72 bits per heavy atom. The number of aliphatic hydroxyl groups is 2. The van der Waals surface area contributed by atoms with Crippen LogP contribution in [0.3, 0.4) is 0 Å². The van der Waals surface area contributed by atoms with E-state index in [-0.39, 0.29) is 17.3 Å². The molecule has 0 aromatic heterocycles. The number of fused-ring (bicyclic) bond motifs is 5. The molecule has 0 spiro atoms. The van der Waals surface area contributed by atoms with E-state index >= 15 is 0 Å². The van der Waals surface area contributed by atoms with Gasteiger partial charge in [-0.1, -0.05) is 30.7 Å². The van der Waals surface area contributed by atoms with Crippen LogP contribution in [-0.2, 0) is 16.0 Å². The van der Waals surface area contributed by atoms with Gasteiger partial charge in [-0.25, -0.2) is 0 Å². The first-order chi connectivity index (χ1) is 11.8. The highest BCUT2D eigenvalue weighted by Gasteiger charge is 2.64. The first kappa shape index (κ1) is 17.0. The summed E-state index contributed by atoms with van der Waals surface area (Å²) in [6.45, 7) is 5.59. The van der Waals surface area contributed by atoms with Gasteiger partial charge >= 0.3 is 5.97 Å².